The average Bonchev–Trinajstić information content (AvgIpc) is 4.09. The Balaban J connectivity index is 0.683. The van der Waals surface area contributed by atoms with Crippen LogP contribution in [0.15, 0.2) is 79.1 Å². The molecule has 19 nitrogen and oxygen atoms in total. The largest absolute Gasteiger partial charge is 0.380 e. The first-order chi connectivity index (χ1) is 31.7. The molecule has 4 aliphatic heterocycles. The minimum atomic E-state index is -1.04. The number of H-pyrrole nitrogens is 1. The van der Waals surface area contributed by atoms with Gasteiger partial charge < -0.3 is 19.9 Å². The summed E-state index contributed by atoms with van der Waals surface area (Å²) in [6, 6.07) is 19.1. The molecule has 3 aromatic carbocycles. The Hall–Kier alpha value is -7.64. The molecule has 0 aliphatic carbocycles. The second-order valence-corrected chi connectivity index (χ2v) is 16.3. The van der Waals surface area contributed by atoms with E-state index in [4.69, 9.17) is 14.7 Å². The van der Waals surface area contributed by atoms with Crippen molar-refractivity contribution >= 4 is 80.0 Å². The van der Waals surface area contributed by atoms with Gasteiger partial charge >= 0.3 is 0 Å². The van der Waals surface area contributed by atoms with Gasteiger partial charge in [0.1, 0.15) is 11.7 Å². The number of aryl methyl sites for hydroxylation is 1. The molecule has 330 valence electrons. The summed E-state index contributed by atoms with van der Waals surface area (Å²) >= 11 is 0. The molecule has 0 radical (unpaired) electrons. The number of carbonyl (C=O) groups is 6. The Morgan fingerprint density at radius 3 is 2.40 bits per heavy atom. The number of fused-ring (bicyclic) bond motifs is 3. The van der Waals surface area contributed by atoms with Gasteiger partial charge in [-0.3, -0.25) is 53.9 Å². The van der Waals surface area contributed by atoms with Crippen molar-refractivity contribution in [2.24, 2.45) is 0 Å². The van der Waals surface area contributed by atoms with Crippen LogP contribution in [0.3, 0.4) is 0 Å². The van der Waals surface area contributed by atoms with Crippen molar-refractivity contribution in [1.29, 1.82) is 0 Å². The first-order valence-electron chi connectivity index (χ1n) is 21.7. The number of carbonyl (C=O) groups excluding carboxylic acids is 6. The SMILES string of the molecule is O=C1CCC(N2C(=O)c3cccc(NCc4cn(CCCCOCCN5CCN(c6nc(C7=C(c8c[nH]c9ccccc89)C(=O)NC7=O)c7ccccc7n6)CC5)nn4)c3C2=O)C(=O)N1. The van der Waals surface area contributed by atoms with Gasteiger partial charge in [0.25, 0.3) is 23.6 Å². The van der Waals surface area contributed by atoms with Gasteiger partial charge in [-0.1, -0.05) is 47.7 Å². The summed E-state index contributed by atoms with van der Waals surface area (Å²) in [5.74, 6) is -2.64. The Bertz CT molecular complexity index is 2950. The predicted octanol–water partition coefficient (Wildman–Crippen LogP) is 2.90. The Labute approximate surface area is 371 Å². The molecule has 1 unspecified atom stereocenters. The molecule has 2 saturated heterocycles. The zero-order chi connectivity index (χ0) is 44.6. The van der Waals surface area contributed by atoms with Crippen LogP contribution in [0.25, 0.3) is 33.0 Å². The highest BCUT2D eigenvalue weighted by atomic mass is 16.5. The fourth-order valence-corrected chi connectivity index (χ4v) is 8.93. The number of ether oxygens (including phenoxy) is 1. The summed E-state index contributed by atoms with van der Waals surface area (Å²) in [5.41, 5.74) is 4.65. The van der Waals surface area contributed by atoms with Gasteiger partial charge in [0.2, 0.25) is 17.8 Å². The number of imide groups is 3. The highest BCUT2D eigenvalue weighted by Gasteiger charge is 2.45. The Kier molecular flexibility index (Phi) is 11.1. The summed E-state index contributed by atoms with van der Waals surface area (Å²) in [6.07, 6.45) is 5.40. The minimum Gasteiger partial charge on any atom is -0.380 e. The molecule has 65 heavy (non-hydrogen) atoms. The lowest BCUT2D eigenvalue weighted by molar-refractivity contribution is -0.136. The van der Waals surface area contributed by atoms with E-state index >= 15 is 0 Å². The van der Waals surface area contributed by atoms with E-state index in [1.54, 1.807) is 29.1 Å². The van der Waals surface area contributed by atoms with Gasteiger partial charge in [0.15, 0.2) is 0 Å². The van der Waals surface area contributed by atoms with Crippen molar-refractivity contribution in [3.05, 3.63) is 107 Å². The Morgan fingerprint density at radius 2 is 1.55 bits per heavy atom. The smallest absolute Gasteiger partial charge is 0.264 e. The maximum Gasteiger partial charge on any atom is 0.264 e. The number of piperazine rings is 1. The molecule has 2 fully saturated rings. The maximum atomic E-state index is 13.5. The van der Waals surface area contributed by atoms with Crippen molar-refractivity contribution in [2.45, 2.75) is 44.8 Å². The summed E-state index contributed by atoms with van der Waals surface area (Å²) in [7, 11) is 0. The fourth-order valence-electron chi connectivity index (χ4n) is 8.93. The number of nitrogens with zero attached hydrogens (tertiary/aromatic N) is 8. The lowest BCUT2D eigenvalue weighted by Gasteiger charge is -2.34. The van der Waals surface area contributed by atoms with Crippen LogP contribution in [-0.2, 0) is 37.0 Å². The third-order valence-electron chi connectivity index (χ3n) is 12.3. The quantitative estimate of drug-likeness (QED) is 0.0860. The van der Waals surface area contributed by atoms with Crippen LogP contribution in [0.4, 0.5) is 11.6 Å². The average molecular weight is 877 g/mol. The van der Waals surface area contributed by atoms with Crippen LogP contribution < -0.4 is 20.9 Å². The van der Waals surface area contributed by atoms with E-state index in [1.807, 2.05) is 54.7 Å². The van der Waals surface area contributed by atoms with Gasteiger partial charge in [0, 0.05) is 86.0 Å². The molecule has 19 heteroatoms. The van der Waals surface area contributed by atoms with Gasteiger partial charge in [-0.2, -0.15) is 0 Å². The number of aromatic nitrogens is 6. The second kappa shape index (κ2) is 17.5. The first kappa shape index (κ1) is 41.4. The third kappa shape index (κ3) is 7.99. The molecule has 4 N–H and O–H groups in total. The second-order valence-electron chi connectivity index (χ2n) is 16.3. The topological polar surface area (TPSA) is 230 Å². The number of anilines is 2. The van der Waals surface area contributed by atoms with Gasteiger partial charge in [-0.15, -0.1) is 5.10 Å². The number of rotatable bonds is 15. The highest BCUT2D eigenvalue weighted by Crippen LogP contribution is 2.37. The van der Waals surface area contributed by atoms with E-state index in [2.05, 4.69) is 41.0 Å². The van der Waals surface area contributed by atoms with E-state index < -0.39 is 41.5 Å². The fraction of sp³-hybridized carbons (Fsp3) is 0.304. The maximum absolute atomic E-state index is 13.5. The lowest BCUT2D eigenvalue weighted by Crippen LogP contribution is -2.54. The number of nitrogens with one attached hydrogen (secondary N) is 4. The number of unbranched alkanes of at least 4 members (excludes halogenated alkanes) is 1. The molecule has 0 saturated carbocycles. The van der Waals surface area contributed by atoms with Gasteiger partial charge in [-0.25, -0.2) is 9.97 Å². The van der Waals surface area contributed by atoms with E-state index in [0.29, 0.717) is 77.9 Å². The normalized spacial score (nSPS) is 18.1. The van der Waals surface area contributed by atoms with E-state index in [0.717, 1.165) is 48.3 Å². The summed E-state index contributed by atoms with van der Waals surface area (Å²) in [6.45, 7) is 5.80. The van der Waals surface area contributed by atoms with Crippen molar-refractivity contribution in [2.75, 3.05) is 56.2 Å². The van der Waals surface area contributed by atoms with Crippen molar-refractivity contribution < 1.29 is 33.5 Å². The van der Waals surface area contributed by atoms with Gasteiger partial charge in [0.05, 0.1) is 52.8 Å². The molecule has 6 aromatic rings. The summed E-state index contributed by atoms with van der Waals surface area (Å²) < 4.78 is 7.75. The number of hydrogen-bond acceptors (Lipinski definition) is 14. The third-order valence-corrected chi connectivity index (χ3v) is 12.3. The van der Waals surface area contributed by atoms with Crippen molar-refractivity contribution in [1.82, 2.24) is 50.4 Å². The van der Waals surface area contributed by atoms with Crippen LogP contribution in [-0.4, -0.2) is 127 Å². The zero-order valence-corrected chi connectivity index (χ0v) is 35.2. The molecule has 7 heterocycles. The van der Waals surface area contributed by atoms with E-state index in [-0.39, 0.29) is 36.1 Å². The highest BCUT2D eigenvalue weighted by molar-refractivity contribution is 6.50. The lowest BCUT2D eigenvalue weighted by atomic mass is 9.97. The predicted molar refractivity (Wildman–Crippen MR) is 237 cm³/mol. The summed E-state index contributed by atoms with van der Waals surface area (Å²) in [4.78, 5) is 96.0. The molecule has 10 rings (SSSR count). The van der Waals surface area contributed by atoms with Crippen LogP contribution in [0.5, 0.6) is 0 Å². The molecule has 6 amide bonds. The van der Waals surface area contributed by atoms with E-state index in [1.165, 1.54) is 0 Å². The molecule has 1 atom stereocenters. The van der Waals surface area contributed by atoms with Crippen LogP contribution in [0.2, 0.25) is 0 Å². The van der Waals surface area contributed by atoms with Gasteiger partial charge in [-0.05, 0) is 43.5 Å². The monoisotopic (exact) mass is 876 g/mol. The van der Waals surface area contributed by atoms with Crippen molar-refractivity contribution in [3.63, 3.8) is 0 Å². The Morgan fingerprint density at radius 1 is 0.754 bits per heavy atom. The number of aromatic amines is 1. The minimum absolute atomic E-state index is 0.0516. The van der Waals surface area contributed by atoms with Crippen LogP contribution in [0.1, 0.15) is 63.4 Å². The first-order valence-corrected chi connectivity index (χ1v) is 21.7. The number of benzene rings is 3. The number of para-hydroxylation sites is 2. The number of hydrogen-bond donors (Lipinski definition) is 4. The van der Waals surface area contributed by atoms with Crippen LogP contribution in [0, 0.1) is 0 Å². The zero-order valence-electron chi connectivity index (χ0n) is 35.2. The van der Waals surface area contributed by atoms with Crippen molar-refractivity contribution in [3.8, 4) is 0 Å². The van der Waals surface area contributed by atoms with Crippen LogP contribution >= 0.6 is 0 Å². The molecule has 0 bridgehead atoms. The molecule has 0 spiro atoms. The molecule has 4 aliphatic rings. The number of amides is 6. The molecular weight excluding hydrogens is 833 g/mol. The number of piperidine rings is 1. The summed E-state index contributed by atoms with van der Waals surface area (Å²) in [5, 5.41) is 18.0. The van der Waals surface area contributed by atoms with E-state index in [9.17, 15) is 28.8 Å². The standard InChI is InChI=1S/C46H44N12O7/c59-36-15-14-35(41(60)50-36)58-44(63)30-10-7-13-34(37(30)45(58)64)47-24-27-26-57(54-53-27)16-5-6-22-65-23-21-55-17-19-56(20-18-55)46-49-33-12-4-2-9-29(33)40(51-46)39-38(42(61)52-43(39)62)31-25-48-32-11-3-1-8-28(31)32/h1-4,7-13,25-26,35,47-48H,5-6,14-24H2,(H,50,59,60)(H,52,61,62). The molecular formula is C46H44N12O7. The molecule has 3 aromatic heterocycles.